The summed E-state index contributed by atoms with van der Waals surface area (Å²) in [5, 5.41) is 0. The largest absolute Gasteiger partial charge is 0.435 e. The summed E-state index contributed by atoms with van der Waals surface area (Å²) in [6.07, 6.45) is 0. The predicted molar refractivity (Wildman–Crippen MR) is 88.2 cm³/mol. The molecule has 0 spiro atoms. The monoisotopic (exact) mass is 369 g/mol. The van der Waals surface area contributed by atoms with Gasteiger partial charge in [0.1, 0.15) is 5.75 Å². The standard InChI is InChI=1S/C17H17F2NO4S/c1-12(21)14-6-8-16(9-7-14)25(22,23)20(2)11-13-4-3-5-15(10-13)24-17(18)19/h3-10,17H,11H2,1-2H3. The number of benzene rings is 2. The van der Waals surface area contributed by atoms with Crippen LogP contribution >= 0.6 is 0 Å². The first-order chi connectivity index (χ1) is 11.7. The summed E-state index contributed by atoms with van der Waals surface area (Å²) >= 11 is 0. The lowest BCUT2D eigenvalue weighted by Gasteiger charge is -2.18. The molecule has 0 saturated heterocycles. The second kappa shape index (κ2) is 7.71. The highest BCUT2D eigenvalue weighted by atomic mass is 32.2. The molecule has 2 rings (SSSR count). The number of carbonyl (C=O) groups is 1. The molecule has 0 atom stereocenters. The van der Waals surface area contributed by atoms with E-state index in [2.05, 4.69) is 4.74 Å². The van der Waals surface area contributed by atoms with Crippen molar-refractivity contribution in [3.8, 4) is 5.75 Å². The van der Waals surface area contributed by atoms with Gasteiger partial charge in [-0.25, -0.2) is 8.42 Å². The fourth-order valence-electron chi connectivity index (χ4n) is 2.20. The van der Waals surface area contributed by atoms with Crippen LogP contribution in [0.25, 0.3) is 0 Å². The molecule has 0 N–H and O–H groups in total. The molecule has 0 heterocycles. The Hall–Kier alpha value is -2.32. The van der Waals surface area contributed by atoms with Gasteiger partial charge >= 0.3 is 6.61 Å². The molecule has 0 bridgehead atoms. The van der Waals surface area contributed by atoms with Crippen molar-refractivity contribution in [1.82, 2.24) is 4.31 Å². The maximum Gasteiger partial charge on any atom is 0.387 e. The Balaban J connectivity index is 2.18. The highest BCUT2D eigenvalue weighted by Gasteiger charge is 2.21. The molecule has 0 amide bonds. The SMILES string of the molecule is CC(=O)c1ccc(S(=O)(=O)N(C)Cc2cccc(OC(F)F)c2)cc1. The number of Topliss-reactive ketones (excluding diaryl/α,β-unsaturated/α-hetero) is 1. The fourth-order valence-corrected chi connectivity index (χ4v) is 3.36. The van der Waals surface area contributed by atoms with Gasteiger partial charge in [-0.2, -0.15) is 13.1 Å². The van der Waals surface area contributed by atoms with Gasteiger partial charge in [0.15, 0.2) is 5.78 Å². The first kappa shape index (κ1) is 19.0. The lowest BCUT2D eigenvalue weighted by molar-refractivity contribution is -0.0499. The van der Waals surface area contributed by atoms with E-state index >= 15 is 0 Å². The zero-order chi connectivity index (χ0) is 18.6. The summed E-state index contributed by atoms with van der Waals surface area (Å²) in [5.41, 5.74) is 0.919. The summed E-state index contributed by atoms with van der Waals surface area (Å²) in [4.78, 5) is 11.3. The molecule has 0 aliphatic heterocycles. The van der Waals surface area contributed by atoms with Crippen LogP contribution in [0.5, 0.6) is 5.75 Å². The minimum Gasteiger partial charge on any atom is -0.435 e. The number of halogens is 2. The number of alkyl halides is 2. The third-order valence-electron chi connectivity index (χ3n) is 3.50. The van der Waals surface area contributed by atoms with E-state index in [0.717, 1.165) is 4.31 Å². The molecule has 0 saturated carbocycles. The third-order valence-corrected chi connectivity index (χ3v) is 5.32. The van der Waals surface area contributed by atoms with Gasteiger partial charge in [0.2, 0.25) is 10.0 Å². The number of hydrogen-bond donors (Lipinski definition) is 0. The highest BCUT2D eigenvalue weighted by Crippen LogP contribution is 2.21. The van der Waals surface area contributed by atoms with Gasteiger partial charge in [0.25, 0.3) is 0 Å². The molecule has 0 aliphatic rings. The number of ketones is 1. The van der Waals surface area contributed by atoms with E-state index in [1.165, 1.54) is 56.4 Å². The van der Waals surface area contributed by atoms with Crippen LogP contribution in [-0.2, 0) is 16.6 Å². The smallest absolute Gasteiger partial charge is 0.387 e. The van der Waals surface area contributed by atoms with Crippen LogP contribution in [0.15, 0.2) is 53.4 Å². The predicted octanol–water partition coefficient (Wildman–Crippen LogP) is 3.31. The molecule has 5 nitrogen and oxygen atoms in total. The summed E-state index contributed by atoms with van der Waals surface area (Å²) in [6, 6.07) is 11.5. The first-order valence-corrected chi connectivity index (χ1v) is 8.75. The number of hydrogen-bond acceptors (Lipinski definition) is 4. The van der Waals surface area contributed by atoms with Crippen LogP contribution in [0.4, 0.5) is 8.78 Å². The molecule has 0 fully saturated rings. The molecule has 0 unspecified atom stereocenters. The normalized spacial score (nSPS) is 11.8. The second-order valence-corrected chi connectivity index (χ2v) is 7.41. The van der Waals surface area contributed by atoms with Gasteiger partial charge in [0, 0.05) is 19.2 Å². The van der Waals surface area contributed by atoms with E-state index < -0.39 is 16.6 Å². The Labute approximate surface area is 144 Å². The van der Waals surface area contributed by atoms with Gasteiger partial charge in [0.05, 0.1) is 4.90 Å². The van der Waals surface area contributed by atoms with Gasteiger partial charge in [-0.05, 0) is 36.8 Å². The summed E-state index contributed by atoms with van der Waals surface area (Å²) in [7, 11) is -2.40. The van der Waals surface area contributed by atoms with Gasteiger partial charge < -0.3 is 4.74 Å². The number of sulfonamides is 1. The van der Waals surface area contributed by atoms with Crippen LogP contribution in [0, 0.1) is 0 Å². The molecule has 0 aliphatic carbocycles. The molecular weight excluding hydrogens is 352 g/mol. The topological polar surface area (TPSA) is 63.7 Å². The lowest BCUT2D eigenvalue weighted by atomic mass is 10.2. The van der Waals surface area contributed by atoms with Crippen molar-refractivity contribution >= 4 is 15.8 Å². The van der Waals surface area contributed by atoms with E-state index in [1.54, 1.807) is 6.07 Å². The summed E-state index contributed by atoms with van der Waals surface area (Å²) < 4.78 is 55.1. The van der Waals surface area contributed by atoms with E-state index in [1.807, 2.05) is 0 Å². The van der Waals surface area contributed by atoms with Crippen LogP contribution in [0.1, 0.15) is 22.8 Å². The Morgan fingerprint density at radius 3 is 2.36 bits per heavy atom. The molecule has 2 aromatic rings. The number of carbonyl (C=O) groups excluding carboxylic acids is 1. The average molecular weight is 369 g/mol. The molecule has 0 aromatic heterocycles. The van der Waals surface area contributed by atoms with E-state index in [-0.39, 0.29) is 23.0 Å². The third kappa shape index (κ3) is 4.83. The van der Waals surface area contributed by atoms with Crippen molar-refractivity contribution in [2.24, 2.45) is 0 Å². The van der Waals surface area contributed by atoms with Gasteiger partial charge in [-0.15, -0.1) is 0 Å². The van der Waals surface area contributed by atoms with Gasteiger partial charge in [-0.3, -0.25) is 4.79 Å². The maximum atomic E-state index is 12.6. The highest BCUT2D eigenvalue weighted by molar-refractivity contribution is 7.89. The van der Waals surface area contributed by atoms with Crippen molar-refractivity contribution in [2.75, 3.05) is 7.05 Å². The molecule has 2 aromatic carbocycles. The molecule has 8 heteroatoms. The minimum atomic E-state index is -3.78. The molecular formula is C17H17F2NO4S. The number of ether oxygens (including phenoxy) is 1. The van der Waals surface area contributed by atoms with Crippen LogP contribution < -0.4 is 4.74 Å². The van der Waals surface area contributed by atoms with E-state index in [0.29, 0.717) is 11.1 Å². The number of nitrogens with zero attached hydrogens (tertiary/aromatic N) is 1. The first-order valence-electron chi connectivity index (χ1n) is 7.31. The van der Waals surface area contributed by atoms with E-state index in [9.17, 15) is 22.0 Å². The van der Waals surface area contributed by atoms with Crippen LogP contribution in [0.3, 0.4) is 0 Å². The van der Waals surface area contributed by atoms with Crippen molar-refractivity contribution in [2.45, 2.75) is 25.0 Å². The molecule has 134 valence electrons. The minimum absolute atomic E-state index is 0.0166. The zero-order valence-corrected chi connectivity index (χ0v) is 14.5. The molecule has 0 radical (unpaired) electrons. The number of rotatable bonds is 7. The maximum absolute atomic E-state index is 12.6. The zero-order valence-electron chi connectivity index (χ0n) is 13.6. The average Bonchev–Trinajstić information content (AvgIpc) is 2.54. The van der Waals surface area contributed by atoms with Crippen LogP contribution in [0.2, 0.25) is 0 Å². The fraction of sp³-hybridized carbons (Fsp3) is 0.235. The Bertz CT molecular complexity index is 851. The van der Waals surface area contributed by atoms with E-state index in [4.69, 9.17) is 0 Å². The van der Waals surface area contributed by atoms with Crippen molar-refractivity contribution in [3.05, 3.63) is 59.7 Å². The van der Waals surface area contributed by atoms with Crippen molar-refractivity contribution < 1.29 is 26.7 Å². The van der Waals surface area contributed by atoms with Gasteiger partial charge in [-0.1, -0.05) is 24.3 Å². The quantitative estimate of drug-likeness (QED) is 0.703. The van der Waals surface area contributed by atoms with Crippen LogP contribution in [-0.4, -0.2) is 32.2 Å². The Morgan fingerprint density at radius 2 is 1.80 bits per heavy atom. The van der Waals surface area contributed by atoms with Crippen molar-refractivity contribution in [3.63, 3.8) is 0 Å². The second-order valence-electron chi connectivity index (χ2n) is 5.37. The lowest BCUT2D eigenvalue weighted by Crippen LogP contribution is -2.26. The summed E-state index contributed by atoms with van der Waals surface area (Å²) in [5.74, 6) is -0.197. The Morgan fingerprint density at radius 1 is 1.16 bits per heavy atom. The summed E-state index contributed by atoms with van der Waals surface area (Å²) in [6.45, 7) is -1.57. The van der Waals surface area contributed by atoms with Crippen molar-refractivity contribution in [1.29, 1.82) is 0 Å². The Kier molecular flexibility index (Phi) is 5.86. The molecule has 25 heavy (non-hydrogen) atoms.